The summed E-state index contributed by atoms with van der Waals surface area (Å²) in [5, 5.41) is 11.3. The zero-order valence-corrected chi connectivity index (χ0v) is 12.2. The van der Waals surface area contributed by atoms with E-state index in [0.717, 1.165) is 5.69 Å². The summed E-state index contributed by atoms with van der Waals surface area (Å²) in [4.78, 5) is 12.9. The van der Waals surface area contributed by atoms with Crippen molar-refractivity contribution in [3.05, 3.63) is 76.4 Å². The van der Waals surface area contributed by atoms with Crippen molar-refractivity contribution >= 4 is 17.1 Å². The van der Waals surface area contributed by atoms with Crippen molar-refractivity contribution in [3.8, 4) is 0 Å². The highest BCUT2D eigenvalue weighted by Gasteiger charge is 2.19. The molecule has 0 aliphatic carbocycles. The molecular weight excluding hydrogens is 264 g/mol. The highest BCUT2D eigenvalue weighted by Crippen LogP contribution is 2.33. The molecule has 0 saturated carbocycles. The molecule has 108 valence electrons. The van der Waals surface area contributed by atoms with Crippen molar-refractivity contribution in [2.75, 3.05) is 11.4 Å². The minimum absolute atomic E-state index is 0.114. The average Bonchev–Trinajstić information content (AvgIpc) is 2.48. The van der Waals surface area contributed by atoms with Crippen molar-refractivity contribution in [2.24, 2.45) is 0 Å². The summed E-state index contributed by atoms with van der Waals surface area (Å²) in [7, 11) is 0. The van der Waals surface area contributed by atoms with E-state index in [1.54, 1.807) is 12.1 Å². The fourth-order valence-corrected chi connectivity index (χ4v) is 2.07. The molecule has 0 unspecified atom stereocenters. The zero-order valence-electron chi connectivity index (χ0n) is 12.2. The first-order valence-electron chi connectivity index (χ1n) is 6.79. The van der Waals surface area contributed by atoms with Gasteiger partial charge < -0.3 is 4.90 Å². The number of rotatable bonds is 5. The Hall–Kier alpha value is -2.62. The van der Waals surface area contributed by atoms with Gasteiger partial charge in [0.15, 0.2) is 0 Å². The minimum Gasteiger partial charge on any atom is -0.332 e. The van der Waals surface area contributed by atoms with E-state index in [1.807, 2.05) is 55.1 Å². The number of hydrogen-bond donors (Lipinski definition) is 0. The van der Waals surface area contributed by atoms with Crippen LogP contribution in [-0.4, -0.2) is 11.5 Å². The molecule has 4 heteroatoms. The Kier molecular flexibility index (Phi) is 4.72. The van der Waals surface area contributed by atoms with Crippen LogP contribution in [0, 0.1) is 10.1 Å². The average molecular weight is 282 g/mol. The molecule has 4 nitrogen and oxygen atoms in total. The van der Waals surface area contributed by atoms with Crippen LogP contribution in [0.3, 0.4) is 0 Å². The second-order valence-electron chi connectivity index (χ2n) is 4.97. The molecule has 2 rings (SSSR count). The van der Waals surface area contributed by atoms with Gasteiger partial charge in [-0.1, -0.05) is 42.0 Å². The normalized spacial score (nSPS) is 10.0. The number of allylic oxidation sites excluding steroid dienone is 1. The van der Waals surface area contributed by atoms with Crippen LogP contribution in [0.5, 0.6) is 0 Å². The van der Waals surface area contributed by atoms with Gasteiger partial charge in [0, 0.05) is 18.3 Å². The van der Waals surface area contributed by atoms with Crippen molar-refractivity contribution in [1.29, 1.82) is 0 Å². The van der Waals surface area contributed by atoms with Crippen LogP contribution in [0.4, 0.5) is 17.1 Å². The first-order chi connectivity index (χ1) is 10.1. The Bertz CT molecular complexity index is 647. The van der Waals surface area contributed by atoms with Gasteiger partial charge in [0.25, 0.3) is 5.69 Å². The van der Waals surface area contributed by atoms with Crippen molar-refractivity contribution in [2.45, 2.75) is 13.8 Å². The molecule has 21 heavy (non-hydrogen) atoms. The van der Waals surface area contributed by atoms with Gasteiger partial charge in [-0.25, -0.2) is 0 Å². The number of nitrogens with zero attached hydrogens (tertiary/aromatic N) is 2. The number of anilines is 2. The van der Waals surface area contributed by atoms with Gasteiger partial charge in [0.1, 0.15) is 5.69 Å². The first-order valence-corrected chi connectivity index (χ1v) is 6.79. The molecule has 0 radical (unpaired) electrons. The smallest absolute Gasteiger partial charge is 0.292 e. The molecule has 0 bridgehead atoms. The Morgan fingerprint density at radius 3 is 2.33 bits per heavy atom. The summed E-state index contributed by atoms with van der Waals surface area (Å²) in [6.07, 6.45) is 2.06. The van der Waals surface area contributed by atoms with E-state index >= 15 is 0 Å². The molecule has 0 fully saturated rings. The lowest BCUT2D eigenvalue weighted by molar-refractivity contribution is -0.384. The third-order valence-electron chi connectivity index (χ3n) is 3.12. The lowest BCUT2D eigenvalue weighted by atomic mass is 10.2. The van der Waals surface area contributed by atoms with Gasteiger partial charge in [0.05, 0.1) is 4.92 Å². The summed E-state index contributed by atoms with van der Waals surface area (Å²) in [6.45, 7) is 4.63. The molecule has 0 heterocycles. The zero-order chi connectivity index (χ0) is 15.2. The van der Waals surface area contributed by atoms with Gasteiger partial charge in [-0.3, -0.25) is 10.1 Å². The second kappa shape index (κ2) is 6.70. The summed E-state index contributed by atoms with van der Waals surface area (Å²) < 4.78 is 0. The SMILES string of the molecule is CC(C)=CCN(c1ccccc1)c1ccccc1[N+](=O)[O-]. The molecule has 0 amide bonds. The Labute approximate surface area is 124 Å². The van der Waals surface area contributed by atoms with Crippen LogP contribution in [0.25, 0.3) is 0 Å². The maximum atomic E-state index is 11.3. The topological polar surface area (TPSA) is 46.4 Å². The van der Waals surface area contributed by atoms with Crippen LogP contribution in [0.1, 0.15) is 13.8 Å². The van der Waals surface area contributed by atoms with Gasteiger partial charge in [-0.2, -0.15) is 0 Å². The first kappa shape index (κ1) is 14.8. The molecule has 0 spiro atoms. The van der Waals surface area contributed by atoms with Gasteiger partial charge >= 0.3 is 0 Å². The Morgan fingerprint density at radius 2 is 1.71 bits per heavy atom. The number of para-hydroxylation sites is 3. The maximum absolute atomic E-state index is 11.3. The number of nitro groups is 1. The largest absolute Gasteiger partial charge is 0.332 e. The lowest BCUT2D eigenvalue weighted by Gasteiger charge is -2.23. The summed E-state index contributed by atoms with van der Waals surface area (Å²) in [6, 6.07) is 16.5. The Morgan fingerprint density at radius 1 is 1.10 bits per heavy atom. The number of nitro benzene ring substituents is 1. The van der Waals surface area contributed by atoms with E-state index in [2.05, 4.69) is 6.08 Å². The van der Waals surface area contributed by atoms with Gasteiger partial charge in [-0.15, -0.1) is 0 Å². The highest BCUT2D eigenvalue weighted by molar-refractivity contribution is 5.72. The molecule has 0 saturated heterocycles. The predicted octanol–water partition coefficient (Wildman–Crippen LogP) is 4.70. The van der Waals surface area contributed by atoms with E-state index in [0.29, 0.717) is 12.2 Å². The van der Waals surface area contributed by atoms with E-state index in [9.17, 15) is 10.1 Å². The predicted molar refractivity (Wildman–Crippen MR) is 86.0 cm³/mol. The summed E-state index contributed by atoms with van der Waals surface area (Å²) in [5.74, 6) is 0. The molecule has 0 N–H and O–H groups in total. The van der Waals surface area contributed by atoms with E-state index < -0.39 is 0 Å². The van der Waals surface area contributed by atoms with E-state index in [1.165, 1.54) is 11.6 Å². The molecule has 2 aromatic rings. The molecule has 0 atom stereocenters. The van der Waals surface area contributed by atoms with E-state index in [-0.39, 0.29) is 10.6 Å². The van der Waals surface area contributed by atoms with Crippen molar-refractivity contribution < 1.29 is 4.92 Å². The quantitative estimate of drug-likeness (QED) is 0.453. The van der Waals surface area contributed by atoms with Crippen LogP contribution >= 0.6 is 0 Å². The number of hydrogen-bond acceptors (Lipinski definition) is 3. The third-order valence-corrected chi connectivity index (χ3v) is 3.12. The van der Waals surface area contributed by atoms with Crippen LogP contribution in [0.2, 0.25) is 0 Å². The van der Waals surface area contributed by atoms with Gasteiger partial charge in [0.2, 0.25) is 0 Å². The molecule has 0 aliphatic rings. The molecule has 0 aromatic heterocycles. The fourth-order valence-electron chi connectivity index (χ4n) is 2.07. The highest BCUT2D eigenvalue weighted by atomic mass is 16.6. The standard InChI is InChI=1S/C17H18N2O2/c1-14(2)12-13-18(15-8-4-3-5-9-15)16-10-6-7-11-17(16)19(20)21/h3-12H,13H2,1-2H3. The van der Waals surface area contributed by atoms with E-state index in [4.69, 9.17) is 0 Å². The molecule has 2 aromatic carbocycles. The molecule has 0 aliphatic heterocycles. The molecular formula is C17H18N2O2. The maximum Gasteiger partial charge on any atom is 0.292 e. The number of benzene rings is 2. The monoisotopic (exact) mass is 282 g/mol. The summed E-state index contributed by atoms with van der Waals surface area (Å²) >= 11 is 0. The van der Waals surface area contributed by atoms with Crippen LogP contribution in [0.15, 0.2) is 66.2 Å². The summed E-state index contributed by atoms with van der Waals surface area (Å²) in [5.41, 5.74) is 2.83. The Balaban J connectivity index is 2.50. The lowest BCUT2D eigenvalue weighted by Crippen LogP contribution is -2.18. The van der Waals surface area contributed by atoms with Crippen LogP contribution in [-0.2, 0) is 0 Å². The minimum atomic E-state index is -0.339. The van der Waals surface area contributed by atoms with Crippen molar-refractivity contribution in [1.82, 2.24) is 0 Å². The fraction of sp³-hybridized carbons (Fsp3) is 0.176. The second-order valence-corrected chi connectivity index (χ2v) is 4.97. The van der Waals surface area contributed by atoms with Crippen LogP contribution < -0.4 is 4.90 Å². The van der Waals surface area contributed by atoms with Gasteiger partial charge in [-0.05, 0) is 32.0 Å². The third kappa shape index (κ3) is 3.69. The van der Waals surface area contributed by atoms with Crippen molar-refractivity contribution in [3.63, 3.8) is 0 Å².